The second-order valence-electron chi connectivity index (χ2n) is 3.64. The highest BCUT2D eigenvalue weighted by Gasteiger charge is 2.17. The summed E-state index contributed by atoms with van der Waals surface area (Å²) in [5.74, 6) is 3.47. The molecule has 3 heteroatoms. The van der Waals surface area contributed by atoms with E-state index in [1.54, 1.807) is 20.4 Å². The number of aryl methyl sites for hydroxylation is 1. The molecule has 0 aromatic carbocycles. The van der Waals surface area contributed by atoms with Crippen molar-refractivity contribution in [1.82, 2.24) is 4.98 Å². The molecule has 0 radical (unpaired) electrons. The van der Waals surface area contributed by atoms with Crippen LogP contribution in [0.5, 0.6) is 5.75 Å². The molecule has 1 aromatic rings. The fraction of sp³-hybridized carbons (Fsp3) is 0.462. The molecule has 3 nitrogen and oxygen atoms in total. The SMILES string of the molecule is C#CC(C)c1c(COC)cnc(C)c1OC. The lowest BCUT2D eigenvalue weighted by Gasteiger charge is -2.17. The average Bonchev–Trinajstić information content (AvgIpc) is 2.30. The molecule has 1 atom stereocenters. The lowest BCUT2D eigenvalue weighted by atomic mass is 9.96. The Morgan fingerprint density at radius 1 is 1.50 bits per heavy atom. The molecule has 1 rings (SSSR count). The van der Waals surface area contributed by atoms with Crippen molar-refractivity contribution in [2.45, 2.75) is 26.4 Å². The first-order chi connectivity index (χ1) is 7.65. The lowest BCUT2D eigenvalue weighted by molar-refractivity contribution is 0.183. The van der Waals surface area contributed by atoms with E-state index in [1.165, 1.54) is 0 Å². The summed E-state index contributed by atoms with van der Waals surface area (Å²) in [5.41, 5.74) is 2.83. The zero-order valence-corrected chi connectivity index (χ0v) is 10.2. The van der Waals surface area contributed by atoms with Gasteiger partial charge in [0.05, 0.1) is 19.4 Å². The molecule has 0 saturated carbocycles. The zero-order valence-electron chi connectivity index (χ0n) is 10.2. The summed E-state index contributed by atoms with van der Waals surface area (Å²) in [6.45, 7) is 4.36. The largest absolute Gasteiger partial charge is 0.495 e. The standard InChI is InChI=1S/C13H17NO2/c1-6-9(2)12-11(8-15-4)7-14-10(3)13(12)16-5/h1,7,9H,8H2,2-5H3. The minimum atomic E-state index is -0.0122. The van der Waals surface area contributed by atoms with Crippen LogP contribution in [0.1, 0.15) is 29.7 Å². The Kier molecular flexibility index (Phi) is 4.33. The van der Waals surface area contributed by atoms with E-state index in [1.807, 2.05) is 13.8 Å². The second-order valence-corrected chi connectivity index (χ2v) is 3.64. The minimum Gasteiger partial charge on any atom is -0.495 e. The van der Waals surface area contributed by atoms with Crippen LogP contribution in [0.4, 0.5) is 0 Å². The first kappa shape index (κ1) is 12.5. The maximum absolute atomic E-state index is 5.48. The quantitative estimate of drug-likeness (QED) is 0.728. The summed E-state index contributed by atoms with van der Waals surface area (Å²) >= 11 is 0. The Labute approximate surface area is 96.8 Å². The molecule has 0 spiro atoms. The third-order valence-electron chi connectivity index (χ3n) is 2.52. The molecule has 0 aliphatic heterocycles. The van der Waals surface area contributed by atoms with E-state index < -0.39 is 0 Å². The normalized spacial score (nSPS) is 11.9. The molecule has 0 N–H and O–H groups in total. The zero-order chi connectivity index (χ0) is 12.1. The van der Waals surface area contributed by atoms with Gasteiger partial charge in [0, 0.05) is 30.4 Å². The Hall–Kier alpha value is -1.53. The number of methoxy groups -OCH3 is 2. The predicted molar refractivity (Wildman–Crippen MR) is 63.5 cm³/mol. The maximum Gasteiger partial charge on any atom is 0.144 e. The van der Waals surface area contributed by atoms with Crippen LogP contribution in [0.2, 0.25) is 0 Å². The molecule has 0 amide bonds. The van der Waals surface area contributed by atoms with Gasteiger partial charge in [0.1, 0.15) is 5.75 Å². The smallest absolute Gasteiger partial charge is 0.144 e. The van der Waals surface area contributed by atoms with Gasteiger partial charge in [-0.25, -0.2) is 0 Å². The molecule has 1 unspecified atom stereocenters. The molecule has 0 aliphatic carbocycles. The van der Waals surface area contributed by atoms with Crippen LogP contribution >= 0.6 is 0 Å². The third kappa shape index (κ3) is 2.34. The number of aromatic nitrogens is 1. The van der Waals surface area contributed by atoms with E-state index in [-0.39, 0.29) is 5.92 Å². The van der Waals surface area contributed by atoms with Crippen molar-refractivity contribution in [3.8, 4) is 18.1 Å². The van der Waals surface area contributed by atoms with Gasteiger partial charge in [-0.15, -0.1) is 6.42 Å². The summed E-state index contributed by atoms with van der Waals surface area (Å²) in [4.78, 5) is 4.27. The number of pyridine rings is 1. The monoisotopic (exact) mass is 219 g/mol. The lowest BCUT2D eigenvalue weighted by Crippen LogP contribution is -2.05. The van der Waals surface area contributed by atoms with Gasteiger partial charge >= 0.3 is 0 Å². The molecule has 0 bridgehead atoms. The first-order valence-electron chi connectivity index (χ1n) is 5.13. The highest BCUT2D eigenvalue weighted by molar-refractivity contribution is 5.46. The molecule has 86 valence electrons. The molecule has 0 fully saturated rings. The van der Waals surface area contributed by atoms with Crippen molar-refractivity contribution in [2.24, 2.45) is 0 Å². The third-order valence-corrected chi connectivity index (χ3v) is 2.52. The molecule has 0 aliphatic rings. The van der Waals surface area contributed by atoms with Gasteiger partial charge in [0.25, 0.3) is 0 Å². The number of terminal acetylenes is 1. The van der Waals surface area contributed by atoms with Crippen molar-refractivity contribution in [1.29, 1.82) is 0 Å². The van der Waals surface area contributed by atoms with Gasteiger partial charge in [0.15, 0.2) is 0 Å². The Morgan fingerprint density at radius 2 is 2.19 bits per heavy atom. The summed E-state index contributed by atoms with van der Waals surface area (Å²) in [6.07, 6.45) is 7.27. The highest BCUT2D eigenvalue weighted by Crippen LogP contribution is 2.31. The van der Waals surface area contributed by atoms with Crippen LogP contribution in [-0.4, -0.2) is 19.2 Å². The van der Waals surface area contributed by atoms with Crippen LogP contribution in [0.3, 0.4) is 0 Å². The molecule has 1 heterocycles. The van der Waals surface area contributed by atoms with E-state index in [9.17, 15) is 0 Å². The molecular formula is C13H17NO2. The van der Waals surface area contributed by atoms with Gasteiger partial charge in [-0.3, -0.25) is 4.98 Å². The van der Waals surface area contributed by atoms with E-state index >= 15 is 0 Å². The molecular weight excluding hydrogens is 202 g/mol. The number of nitrogens with zero attached hydrogens (tertiary/aromatic N) is 1. The number of ether oxygens (including phenoxy) is 2. The van der Waals surface area contributed by atoms with Gasteiger partial charge < -0.3 is 9.47 Å². The topological polar surface area (TPSA) is 31.4 Å². The summed E-state index contributed by atoms with van der Waals surface area (Å²) < 4.78 is 10.5. The van der Waals surface area contributed by atoms with Crippen LogP contribution in [0, 0.1) is 19.3 Å². The molecule has 16 heavy (non-hydrogen) atoms. The number of hydrogen-bond donors (Lipinski definition) is 0. The van der Waals surface area contributed by atoms with Crippen LogP contribution in [0.25, 0.3) is 0 Å². The van der Waals surface area contributed by atoms with Gasteiger partial charge in [0.2, 0.25) is 0 Å². The maximum atomic E-state index is 5.48. The van der Waals surface area contributed by atoms with Crippen LogP contribution in [0.15, 0.2) is 6.20 Å². The van der Waals surface area contributed by atoms with Crippen molar-refractivity contribution < 1.29 is 9.47 Å². The van der Waals surface area contributed by atoms with E-state index in [0.717, 1.165) is 22.6 Å². The van der Waals surface area contributed by atoms with Crippen molar-refractivity contribution >= 4 is 0 Å². The fourth-order valence-electron chi connectivity index (χ4n) is 1.73. The van der Waals surface area contributed by atoms with Gasteiger partial charge in [-0.05, 0) is 13.8 Å². The van der Waals surface area contributed by atoms with Gasteiger partial charge in [-0.2, -0.15) is 0 Å². The minimum absolute atomic E-state index is 0.0122. The Morgan fingerprint density at radius 3 is 2.69 bits per heavy atom. The average molecular weight is 219 g/mol. The second kappa shape index (κ2) is 5.53. The first-order valence-corrected chi connectivity index (χ1v) is 5.13. The van der Waals surface area contributed by atoms with E-state index in [4.69, 9.17) is 15.9 Å². The Bertz CT molecular complexity index is 407. The summed E-state index contributed by atoms with van der Waals surface area (Å²) in [7, 11) is 3.28. The van der Waals surface area contributed by atoms with Crippen molar-refractivity contribution in [2.75, 3.05) is 14.2 Å². The van der Waals surface area contributed by atoms with Crippen LogP contribution < -0.4 is 4.74 Å². The molecule has 0 saturated heterocycles. The van der Waals surface area contributed by atoms with E-state index in [0.29, 0.717) is 6.61 Å². The number of hydrogen-bond acceptors (Lipinski definition) is 3. The van der Waals surface area contributed by atoms with Gasteiger partial charge in [-0.1, -0.05) is 5.92 Å². The Balaban J connectivity index is 3.36. The summed E-state index contributed by atoms with van der Waals surface area (Å²) in [5, 5.41) is 0. The predicted octanol–water partition coefficient (Wildman–Crippen LogP) is 2.28. The van der Waals surface area contributed by atoms with Crippen molar-refractivity contribution in [3.63, 3.8) is 0 Å². The number of rotatable bonds is 4. The van der Waals surface area contributed by atoms with E-state index in [2.05, 4.69) is 10.9 Å². The summed E-state index contributed by atoms with van der Waals surface area (Å²) in [6, 6.07) is 0. The van der Waals surface area contributed by atoms with Crippen LogP contribution in [-0.2, 0) is 11.3 Å². The highest BCUT2D eigenvalue weighted by atomic mass is 16.5. The fourth-order valence-corrected chi connectivity index (χ4v) is 1.73. The molecule has 1 aromatic heterocycles. The van der Waals surface area contributed by atoms with Crippen molar-refractivity contribution in [3.05, 3.63) is 23.0 Å².